The average Bonchev–Trinajstić information content (AvgIpc) is 2.66. The number of H-pyrrole nitrogens is 1. The Balaban J connectivity index is 1.94. The highest BCUT2D eigenvalue weighted by Crippen LogP contribution is 2.24. The monoisotopic (exact) mass is 373 g/mol. The van der Waals surface area contributed by atoms with Crippen molar-refractivity contribution in [3.8, 4) is 0 Å². The van der Waals surface area contributed by atoms with Crippen molar-refractivity contribution in [2.24, 2.45) is 0 Å². The summed E-state index contributed by atoms with van der Waals surface area (Å²) in [6.07, 6.45) is 3.11. The summed E-state index contributed by atoms with van der Waals surface area (Å²) < 4.78 is 1.37. The zero-order chi connectivity index (χ0) is 19.6. The van der Waals surface area contributed by atoms with Crippen LogP contribution in [0.5, 0.6) is 0 Å². The molecule has 0 spiro atoms. The fourth-order valence-corrected chi connectivity index (χ4v) is 3.75. The van der Waals surface area contributed by atoms with E-state index in [0.717, 1.165) is 19.3 Å². The van der Waals surface area contributed by atoms with Gasteiger partial charge in [-0.05, 0) is 50.8 Å². The number of nitrogens with one attached hydrogen (secondary N) is 1. The Hall–Kier alpha value is -2.90. The van der Waals surface area contributed by atoms with E-state index >= 15 is 0 Å². The Bertz CT molecular complexity index is 991. The lowest BCUT2D eigenvalue weighted by atomic mass is 9.97. The van der Waals surface area contributed by atoms with E-state index in [2.05, 4.69) is 4.98 Å². The minimum Gasteiger partial charge on any atom is -0.481 e. The first kappa shape index (κ1) is 18.9. The Morgan fingerprint density at radius 3 is 2.74 bits per heavy atom. The number of benzene rings is 1. The van der Waals surface area contributed by atoms with Gasteiger partial charge in [0, 0.05) is 31.1 Å². The zero-order valence-electron chi connectivity index (χ0n) is 15.2. The number of aryl methyl sites for hydroxylation is 1. The third kappa shape index (κ3) is 3.79. The van der Waals surface area contributed by atoms with E-state index in [1.807, 2.05) is 0 Å². The van der Waals surface area contributed by atoms with Crippen LogP contribution in [0.4, 0.5) is 0 Å². The van der Waals surface area contributed by atoms with Crippen molar-refractivity contribution in [3.05, 3.63) is 44.5 Å². The van der Waals surface area contributed by atoms with Crippen molar-refractivity contribution < 1.29 is 14.7 Å². The number of piperidine rings is 1. The van der Waals surface area contributed by atoms with E-state index in [1.165, 1.54) is 4.57 Å². The number of likely N-dealkylation sites (tertiary alicyclic amines) is 1. The van der Waals surface area contributed by atoms with Crippen LogP contribution in [0.25, 0.3) is 11.0 Å². The number of hydrogen-bond donors (Lipinski definition) is 2. The summed E-state index contributed by atoms with van der Waals surface area (Å²) in [5.41, 5.74) is 0.0906. The largest absolute Gasteiger partial charge is 0.481 e. The van der Waals surface area contributed by atoms with Gasteiger partial charge in [-0.1, -0.05) is 0 Å². The topological polar surface area (TPSA) is 112 Å². The number of carboxylic acid groups (broad SMARTS) is 1. The molecule has 2 aromatic rings. The van der Waals surface area contributed by atoms with Crippen LogP contribution in [0.15, 0.2) is 27.8 Å². The fraction of sp³-hybridized carbons (Fsp3) is 0.474. The van der Waals surface area contributed by atoms with Crippen molar-refractivity contribution in [1.29, 1.82) is 0 Å². The maximum atomic E-state index is 13.0. The molecule has 0 aliphatic carbocycles. The molecule has 8 nitrogen and oxygen atoms in total. The predicted molar refractivity (Wildman–Crippen MR) is 100 cm³/mol. The Morgan fingerprint density at radius 1 is 1.26 bits per heavy atom. The highest BCUT2D eigenvalue weighted by molar-refractivity contribution is 5.97. The van der Waals surface area contributed by atoms with Crippen LogP contribution < -0.4 is 11.1 Å². The summed E-state index contributed by atoms with van der Waals surface area (Å²) in [6.45, 7) is 2.72. The minimum atomic E-state index is -0.867. The standard InChI is InChI=1S/C19H23N3O5/c1-2-21-15-8-6-12(11-14(15)20-17(25)19(21)27)18(26)22-10-4-3-5-13(22)7-9-16(23)24/h6,8,11,13H,2-5,7,9-10H2,1H3,(H,20,25)(H,23,24). The van der Waals surface area contributed by atoms with Crippen LogP contribution in [0.1, 0.15) is 49.4 Å². The molecule has 1 atom stereocenters. The first-order valence-electron chi connectivity index (χ1n) is 9.22. The van der Waals surface area contributed by atoms with Gasteiger partial charge in [-0.15, -0.1) is 0 Å². The highest BCUT2D eigenvalue weighted by Gasteiger charge is 2.28. The molecule has 1 aromatic heterocycles. The van der Waals surface area contributed by atoms with E-state index in [0.29, 0.717) is 36.1 Å². The Kier molecular flexibility index (Phi) is 5.43. The normalized spacial score (nSPS) is 17.2. The van der Waals surface area contributed by atoms with Gasteiger partial charge in [-0.2, -0.15) is 0 Å². The van der Waals surface area contributed by atoms with E-state index in [-0.39, 0.29) is 18.4 Å². The molecule has 1 aliphatic rings. The molecular weight excluding hydrogens is 350 g/mol. The van der Waals surface area contributed by atoms with Gasteiger partial charge >= 0.3 is 17.1 Å². The number of carbonyl (C=O) groups excluding carboxylic acids is 1. The van der Waals surface area contributed by atoms with Gasteiger partial charge in [0.2, 0.25) is 0 Å². The maximum Gasteiger partial charge on any atom is 0.316 e. The van der Waals surface area contributed by atoms with Crippen LogP contribution in [-0.2, 0) is 11.3 Å². The van der Waals surface area contributed by atoms with Crippen LogP contribution >= 0.6 is 0 Å². The molecule has 0 bridgehead atoms. The molecule has 1 unspecified atom stereocenters. The number of hydrogen-bond acceptors (Lipinski definition) is 4. The highest BCUT2D eigenvalue weighted by atomic mass is 16.4. The summed E-state index contributed by atoms with van der Waals surface area (Å²) in [4.78, 5) is 52.0. The first-order valence-corrected chi connectivity index (χ1v) is 9.22. The van der Waals surface area contributed by atoms with Gasteiger partial charge in [0.1, 0.15) is 0 Å². The molecule has 1 amide bonds. The van der Waals surface area contributed by atoms with Gasteiger partial charge < -0.3 is 19.6 Å². The molecule has 1 fully saturated rings. The number of carboxylic acids is 1. The maximum absolute atomic E-state index is 13.0. The summed E-state index contributed by atoms with van der Waals surface area (Å²) in [7, 11) is 0. The average molecular weight is 373 g/mol. The van der Waals surface area contributed by atoms with Crippen LogP contribution in [-0.4, -0.2) is 44.0 Å². The molecule has 2 heterocycles. The number of aliphatic carboxylic acids is 1. The third-order valence-corrected chi connectivity index (χ3v) is 5.12. The lowest BCUT2D eigenvalue weighted by molar-refractivity contribution is -0.137. The molecule has 3 rings (SSSR count). The molecule has 8 heteroatoms. The van der Waals surface area contributed by atoms with Gasteiger partial charge in [0.05, 0.1) is 11.0 Å². The van der Waals surface area contributed by atoms with E-state index in [9.17, 15) is 19.2 Å². The molecule has 0 saturated carbocycles. The molecule has 1 aliphatic heterocycles. The second-order valence-electron chi connectivity index (χ2n) is 6.82. The lowest BCUT2D eigenvalue weighted by Gasteiger charge is -2.35. The van der Waals surface area contributed by atoms with Crippen molar-refractivity contribution >= 4 is 22.9 Å². The van der Waals surface area contributed by atoms with E-state index < -0.39 is 17.1 Å². The molecule has 27 heavy (non-hydrogen) atoms. The molecule has 1 aromatic carbocycles. The van der Waals surface area contributed by atoms with Gasteiger partial charge in [-0.3, -0.25) is 19.2 Å². The molecule has 0 radical (unpaired) electrons. The van der Waals surface area contributed by atoms with Gasteiger partial charge in [-0.25, -0.2) is 0 Å². The molecule has 1 saturated heterocycles. The quantitative estimate of drug-likeness (QED) is 0.773. The fourth-order valence-electron chi connectivity index (χ4n) is 3.75. The summed E-state index contributed by atoms with van der Waals surface area (Å²) in [5.74, 6) is -1.05. The number of fused-ring (bicyclic) bond motifs is 1. The summed E-state index contributed by atoms with van der Waals surface area (Å²) in [5, 5.41) is 8.94. The predicted octanol–water partition coefficient (Wildman–Crippen LogP) is 1.57. The number of aromatic amines is 1. The van der Waals surface area contributed by atoms with Crippen molar-refractivity contribution in [2.45, 2.75) is 51.6 Å². The minimum absolute atomic E-state index is 0.0300. The van der Waals surface area contributed by atoms with Crippen LogP contribution in [0.2, 0.25) is 0 Å². The second-order valence-corrected chi connectivity index (χ2v) is 6.82. The van der Waals surface area contributed by atoms with Crippen LogP contribution in [0, 0.1) is 0 Å². The third-order valence-electron chi connectivity index (χ3n) is 5.12. The lowest BCUT2D eigenvalue weighted by Crippen LogP contribution is -2.44. The molecular formula is C19H23N3O5. The van der Waals surface area contributed by atoms with Crippen LogP contribution in [0.3, 0.4) is 0 Å². The molecule has 144 valence electrons. The second kappa shape index (κ2) is 7.77. The smallest absolute Gasteiger partial charge is 0.316 e. The number of nitrogens with zero attached hydrogens (tertiary/aromatic N) is 2. The first-order chi connectivity index (χ1) is 12.9. The van der Waals surface area contributed by atoms with Gasteiger partial charge in [0.15, 0.2) is 0 Å². The Morgan fingerprint density at radius 2 is 2.04 bits per heavy atom. The number of amides is 1. The molecule has 2 N–H and O–H groups in total. The number of carbonyl (C=O) groups is 2. The van der Waals surface area contributed by atoms with Gasteiger partial charge in [0.25, 0.3) is 5.91 Å². The number of aromatic nitrogens is 2. The Labute approximate surface area is 155 Å². The SMILES string of the molecule is CCn1c(=O)c(=O)[nH]c2cc(C(=O)N3CCCCC3CCC(=O)O)ccc21. The van der Waals surface area contributed by atoms with Crippen molar-refractivity contribution in [1.82, 2.24) is 14.5 Å². The van der Waals surface area contributed by atoms with E-state index in [1.54, 1.807) is 30.0 Å². The van der Waals surface area contributed by atoms with Crippen molar-refractivity contribution in [3.63, 3.8) is 0 Å². The summed E-state index contributed by atoms with van der Waals surface area (Å²) in [6, 6.07) is 4.81. The zero-order valence-corrected chi connectivity index (χ0v) is 15.2. The van der Waals surface area contributed by atoms with E-state index in [4.69, 9.17) is 5.11 Å². The summed E-state index contributed by atoms with van der Waals surface area (Å²) >= 11 is 0. The van der Waals surface area contributed by atoms with Crippen molar-refractivity contribution in [2.75, 3.05) is 6.54 Å². The number of rotatable bonds is 5.